The number of nitrogens with one attached hydrogen (secondary N) is 1. The number of carbonyl (C=O) groups excluding carboxylic acids is 1. The van der Waals surface area contributed by atoms with Gasteiger partial charge in [-0.1, -0.05) is 6.92 Å². The summed E-state index contributed by atoms with van der Waals surface area (Å²) >= 11 is 0. The van der Waals surface area contributed by atoms with Gasteiger partial charge in [0.05, 0.1) is 25.3 Å². The Balaban J connectivity index is 1.98. The predicted octanol–water partition coefficient (Wildman–Crippen LogP) is 1.98. The van der Waals surface area contributed by atoms with Crippen LogP contribution in [0.3, 0.4) is 0 Å². The summed E-state index contributed by atoms with van der Waals surface area (Å²) in [6, 6.07) is 3.84. The Kier molecular flexibility index (Phi) is 4.66. The molecule has 0 spiro atoms. The number of nitriles is 1. The number of fused-ring (bicyclic) bond motifs is 1. The number of hydrogen-bond acceptors (Lipinski definition) is 7. The van der Waals surface area contributed by atoms with E-state index in [-0.39, 0.29) is 17.3 Å². The molecule has 0 saturated carbocycles. The number of hydrogen-bond donors (Lipinski definition) is 2. The minimum Gasteiger partial charge on any atom is -0.494 e. The standard InChI is InChI=1S/C17H17N7O2/c1-3-10(6-18)11-7-21-16-14(15(19)23-24(16)9-11)17(25)22-12-8-20-5-4-13(12)26-2/h4-5,7-10H,3H2,1-2H3,(H2,19,23)(H,22,25). The molecular formula is C17H17N7O2. The van der Waals surface area contributed by atoms with Crippen molar-refractivity contribution in [1.29, 1.82) is 5.26 Å². The van der Waals surface area contributed by atoms with Crippen LogP contribution in [0, 0.1) is 11.3 Å². The van der Waals surface area contributed by atoms with Gasteiger partial charge in [0.25, 0.3) is 5.91 Å². The fraction of sp³-hybridized carbons (Fsp3) is 0.235. The highest BCUT2D eigenvalue weighted by molar-refractivity contribution is 6.11. The van der Waals surface area contributed by atoms with E-state index < -0.39 is 5.91 Å². The van der Waals surface area contributed by atoms with Gasteiger partial charge in [-0.15, -0.1) is 5.10 Å². The maximum atomic E-state index is 12.7. The maximum absolute atomic E-state index is 12.7. The fourth-order valence-electron chi connectivity index (χ4n) is 2.60. The fourth-order valence-corrected chi connectivity index (χ4v) is 2.60. The van der Waals surface area contributed by atoms with Gasteiger partial charge in [-0.2, -0.15) is 5.26 Å². The summed E-state index contributed by atoms with van der Waals surface area (Å²) < 4.78 is 6.61. The Hall–Kier alpha value is -3.67. The first-order valence-electron chi connectivity index (χ1n) is 7.91. The molecule has 3 N–H and O–H groups in total. The van der Waals surface area contributed by atoms with E-state index in [1.807, 2.05) is 6.92 Å². The molecule has 0 aliphatic rings. The summed E-state index contributed by atoms with van der Waals surface area (Å²) in [5.74, 6) is -0.260. The molecule has 3 heterocycles. The van der Waals surface area contributed by atoms with Crippen molar-refractivity contribution in [2.75, 3.05) is 18.2 Å². The second-order valence-electron chi connectivity index (χ2n) is 5.54. The summed E-state index contributed by atoms with van der Waals surface area (Å²) in [4.78, 5) is 20.9. The SMILES string of the molecule is CCC(C#N)c1cnc2c(C(=O)Nc3cnccc3OC)c(N)nn2c1. The Morgan fingerprint density at radius 3 is 3.00 bits per heavy atom. The maximum Gasteiger partial charge on any atom is 0.263 e. The van der Waals surface area contributed by atoms with Crippen LogP contribution in [0.5, 0.6) is 5.75 Å². The Morgan fingerprint density at radius 1 is 1.50 bits per heavy atom. The zero-order chi connectivity index (χ0) is 18.7. The molecular weight excluding hydrogens is 334 g/mol. The van der Waals surface area contributed by atoms with Gasteiger partial charge < -0.3 is 15.8 Å². The van der Waals surface area contributed by atoms with Crippen molar-refractivity contribution in [2.24, 2.45) is 0 Å². The zero-order valence-corrected chi connectivity index (χ0v) is 14.3. The van der Waals surface area contributed by atoms with Crippen molar-refractivity contribution < 1.29 is 9.53 Å². The molecule has 132 valence electrons. The van der Waals surface area contributed by atoms with Crippen molar-refractivity contribution in [3.05, 3.63) is 42.0 Å². The lowest BCUT2D eigenvalue weighted by Crippen LogP contribution is -2.14. The Labute approximate surface area is 149 Å². The van der Waals surface area contributed by atoms with Gasteiger partial charge in [0.2, 0.25) is 0 Å². The van der Waals surface area contributed by atoms with Crippen molar-refractivity contribution in [3.63, 3.8) is 0 Å². The van der Waals surface area contributed by atoms with Gasteiger partial charge >= 0.3 is 0 Å². The van der Waals surface area contributed by atoms with Crippen LogP contribution >= 0.6 is 0 Å². The van der Waals surface area contributed by atoms with E-state index in [0.717, 1.165) is 0 Å². The second-order valence-corrected chi connectivity index (χ2v) is 5.54. The Morgan fingerprint density at radius 2 is 2.31 bits per heavy atom. The quantitative estimate of drug-likeness (QED) is 0.718. The number of rotatable bonds is 5. The van der Waals surface area contributed by atoms with Crippen LogP contribution in [0.1, 0.15) is 35.2 Å². The molecule has 26 heavy (non-hydrogen) atoms. The summed E-state index contributed by atoms with van der Waals surface area (Å²) in [5, 5.41) is 16.0. The molecule has 0 saturated heterocycles. The van der Waals surface area contributed by atoms with Gasteiger partial charge in [0.15, 0.2) is 11.5 Å². The van der Waals surface area contributed by atoms with E-state index in [1.165, 1.54) is 17.8 Å². The van der Waals surface area contributed by atoms with Gasteiger partial charge in [0, 0.05) is 30.2 Å². The number of methoxy groups -OCH3 is 1. The Bertz CT molecular complexity index is 1010. The van der Waals surface area contributed by atoms with Gasteiger partial charge in [-0.3, -0.25) is 9.78 Å². The minimum absolute atomic E-state index is 0.0417. The molecule has 0 aromatic carbocycles. The molecule has 0 aliphatic heterocycles. The van der Waals surface area contributed by atoms with Crippen molar-refractivity contribution in [1.82, 2.24) is 19.6 Å². The molecule has 3 aromatic heterocycles. The number of ether oxygens (including phenoxy) is 1. The van der Waals surface area contributed by atoms with E-state index in [1.54, 1.807) is 24.7 Å². The second kappa shape index (κ2) is 7.06. The molecule has 1 unspecified atom stereocenters. The van der Waals surface area contributed by atoms with Crippen LogP contribution in [0.2, 0.25) is 0 Å². The van der Waals surface area contributed by atoms with Crippen LogP contribution in [0.25, 0.3) is 5.65 Å². The number of nitrogens with zero attached hydrogens (tertiary/aromatic N) is 5. The van der Waals surface area contributed by atoms with Crippen molar-refractivity contribution >= 4 is 23.1 Å². The summed E-state index contributed by atoms with van der Waals surface area (Å²) in [7, 11) is 1.50. The summed E-state index contributed by atoms with van der Waals surface area (Å²) in [6.45, 7) is 1.91. The molecule has 9 nitrogen and oxygen atoms in total. The topological polar surface area (TPSA) is 131 Å². The first-order valence-corrected chi connectivity index (χ1v) is 7.91. The first-order chi connectivity index (χ1) is 12.6. The van der Waals surface area contributed by atoms with E-state index in [9.17, 15) is 10.1 Å². The number of anilines is 2. The lowest BCUT2D eigenvalue weighted by atomic mass is 10.0. The lowest BCUT2D eigenvalue weighted by Gasteiger charge is -2.09. The predicted molar refractivity (Wildman–Crippen MR) is 94.8 cm³/mol. The number of pyridine rings is 1. The molecule has 0 fully saturated rings. The number of nitrogens with two attached hydrogens (primary N) is 1. The van der Waals surface area contributed by atoms with E-state index in [4.69, 9.17) is 10.5 Å². The highest BCUT2D eigenvalue weighted by Gasteiger charge is 2.21. The van der Waals surface area contributed by atoms with Crippen LogP contribution in [-0.4, -0.2) is 32.6 Å². The van der Waals surface area contributed by atoms with Crippen LogP contribution in [0.15, 0.2) is 30.9 Å². The van der Waals surface area contributed by atoms with E-state index in [2.05, 4.69) is 26.5 Å². The third-order valence-electron chi connectivity index (χ3n) is 3.96. The molecule has 9 heteroatoms. The number of carbonyl (C=O) groups is 1. The third-order valence-corrected chi connectivity index (χ3v) is 3.96. The van der Waals surface area contributed by atoms with Crippen LogP contribution in [0.4, 0.5) is 11.5 Å². The van der Waals surface area contributed by atoms with Crippen LogP contribution < -0.4 is 15.8 Å². The smallest absolute Gasteiger partial charge is 0.263 e. The van der Waals surface area contributed by atoms with Gasteiger partial charge in [-0.25, -0.2) is 9.50 Å². The monoisotopic (exact) mass is 351 g/mol. The minimum atomic E-state index is -0.476. The summed E-state index contributed by atoms with van der Waals surface area (Å²) in [5.41, 5.74) is 7.50. The highest BCUT2D eigenvalue weighted by Crippen LogP contribution is 2.25. The van der Waals surface area contributed by atoms with Crippen LogP contribution in [-0.2, 0) is 0 Å². The molecule has 0 bridgehead atoms. The zero-order valence-electron chi connectivity index (χ0n) is 14.3. The van der Waals surface area contributed by atoms with E-state index in [0.29, 0.717) is 29.1 Å². The first kappa shape index (κ1) is 17.2. The largest absolute Gasteiger partial charge is 0.494 e. The lowest BCUT2D eigenvalue weighted by molar-refractivity contribution is 0.102. The van der Waals surface area contributed by atoms with E-state index >= 15 is 0 Å². The average molecular weight is 351 g/mol. The van der Waals surface area contributed by atoms with Gasteiger partial charge in [0.1, 0.15) is 17.0 Å². The number of aromatic nitrogens is 4. The molecule has 0 aliphatic carbocycles. The third kappa shape index (κ3) is 3.00. The number of amides is 1. The average Bonchev–Trinajstić information content (AvgIpc) is 2.98. The number of nitrogen functional groups attached to an aromatic ring is 1. The molecule has 3 aromatic rings. The molecule has 1 amide bonds. The summed E-state index contributed by atoms with van der Waals surface area (Å²) in [6.07, 6.45) is 6.91. The normalized spacial score (nSPS) is 11.7. The van der Waals surface area contributed by atoms with Crippen molar-refractivity contribution in [3.8, 4) is 11.8 Å². The molecule has 3 rings (SSSR count). The molecule has 0 radical (unpaired) electrons. The van der Waals surface area contributed by atoms with Gasteiger partial charge in [-0.05, 0) is 6.42 Å². The van der Waals surface area contributed by atoms with Crippen molar-refractivity contribution in [2.45, 2.75) is 19.3 Å². The highest BCUT2D eigenvalue weighted by atomic mass is 16.5. The molecule has 1 atom stereocenters.